The minimum Gasteiger partial charge on any atom is -0.324 e. The molecule has 2 aromatic heterocycles. The standard InChI is InChI=1S/C14H21N3OS/c1-4-10-7-11-12(19-10)16-9-17(13(11)18)8-14(15,5-2)6-3/h7,9H,4-6,8,15H2,1-3H3. The van der Waals surface area contributed by atoms with Gasteiger partial charge in [-0.25, -0.2) is 4.98 Å². The molecule has 19 heavy (non-hydrogen) atoms. The summed E-state index contributed by atoms with van der Waals surface area (Å²) in [4.78, 5) is 18.9. The molecule has 0 saturated carbocycles. The van der Waals surface area contributed by atoms with E-state index >= 15 is 0 Å². The maximum atomic E-state index is 12.4. The highest BCUT2D eigenvalue weighted by molar-refractivity contribution is 7.18. The Bertz CT molecular complexity index is 625. The number of thiophene rings is 1. The maximum Gasteiger partial charge on any atom is 0.262 e. The molecule has 0 atom stereocenters. The molecule has 0 radical (unpaired) electrons. The normalized spacial score (nSPS) is 12.2. The molecule has 0 aromatic carbocycles. The van der Waals surface area contributed by atoms with E-state index in [4.69, 9.17) is 5.73 Å². The quantitative estimate of drug-likeness (QED) is 0.915. The molecular formula is C14H21N3OS. The number of aromatic nitrogens is 2. The second kappa shape index (κ2) is 5.43. The minimum absolute atomic E-state index is 0.0256. The predicted molar refractivity (Wildman–Crippen MR) is 80.8 cm³/mol. The minimum atomic E-state index is -0.331. The first-order chi connectivity index (χ1) is 9.03. The number of nitrogens with two attached hydrogens (primary N) is 1. The van der Waals surface area contributed by atoms with Crippen molar-refractivity contribution in [2.24, 2.45) is 5.73 Å². The van der Waals surface area contributed by atoms with Crippen LogP contribution in [-0.4, -0.2) is 15.1 Å². The van der Waals surface area contributed by atoms with Crippen molar-refractivity contribution < 1.29 is 0 Å². The molecule has 0 saturated heterocycles. The lowest BCUT2D eigenvalue weighted by Crippen LogP contribution is -2.45. The second-order valence-corrected chi connectivity index (χ2v) is 6.15. The average molecular weight is 279 g/mol. The van der Waals surface area contributed by atoms with E-state index < -0.39 is 0 Å². The highest BCUT2D eigenvalue weighted by Crippen LogP contribution is 2.21. The third-order valence-electron chi connectivity index (χ3n) is 3.81. The summed E-state index contributed by atoms with van der Waals surface area (Å²) in [7, 11) is 0. The monoisotopic (exact) mass is 279 g/mol. The van der Waals surface area contributed by atoms with Gasteiger partial charge in [0.1, 0.15) is 4.83 Å². The third kappa shape index (κ3) is 2.72. The molecule has 4 nitrogen and oxygen atoms in total. The van der Waals surface area contributed by atoms with E-state index in [1.54, 1.807) is 22.2 Å². The molecule has 0 spiro atoms. The fourth-order valence-corrected chi connectivity index (χ4v) is 3.03. The zero-order chi connectivity index (χ0) is 14.0. The molecule has 0 aliphatic carbocycles. The number of aryl methyl sites for hydroxylation is 1. The molecule has 0 fully saturated rings. The van der Waals surface area contributed by atoms with Crippen LogP contribution in [0.1, 0.15) is 38.5 Å². The fourth-order valence-electron chi connectivity index (χ4n) is 2.11. The Morgan fingerprint density at radius 2 is 2.05 bits per heavy atom. The van der Waals surface area contributed by atoms with E-state index in [1.807, 2.05) is 6.07 Å². The Balaban J connectivity index is 2.45. The van der Waals surface area contributed by atoms with Crippen molar-refractivity contribution in [3.05, 3.63) is 27.6 Å². The zero-order valence-corrected chi connectivity index (χ0v) is 12.6. The number of rotatable bonds is 5. The van der Waals surface area contributed by atoms with Crippen molar-refractivity contribution in [2.75, 3.05) is 0 Å². The molecule has 2 heterocycles. The molecule has 0 amide bonds. The summed E-state index contributed by atoms with van der Waals surface area (Å²) >= 11 is 1.59. The third-order valence-corrected chi connectivity index (χ3v) is 5.00. The van der Waals surface area contributed by atoms with Crippen LogP contribution in [0.25, 0.3) is 10.2 Å². The van der Waals surface area contributed by atoms with Gasteiger partial charge in [0.2, 0.25) is 0 Å². The largest absolute Gasteiger partial charge is 0.324 e. The van der Waals surface area contributed by atoms with Gasteiger partial charge in [0, 0.05) is 17.0 Å². The summed E-state index contributed by atoms with van der Waals surface area (Å²) in [6.07, 6.45) is 4.26. The van der Waals surface area contributed by atoms with Crippen LogP contribution in [0.15, 0.2) is 17.2 Å². The van der Waals surface area contributed by atoms with Gasteiger partial charge in [-0.05, 0) is 25.3 Å². The van der Waals surface area contributed by atoms with E-state index in [0.29, 0.717) is 6.54 Å². The number of fused-ring (bicyclic) bond motifs is 1. The van der Waals surface area contributed by atoms with Crippen LogP contribution >= 0.6 is 11.3 Å². The van der Waals surface area contributed by atoms with Gasteiger partial charge in [-0.3, -0.25) is 9.36 Å². The van der Waals surface area contributed by atoms with Crippen molar-refractivity contribution in [1.29, 1.82) is 0 Å². The summed E-state index contributed by atoms with van der Waals surface area (Å²) < 4.78 is 1.65. The first kappa shape index (κ1) is 14.2. The molecule has 0 aliphatic rings. The SMILES string of the molecule is CCc1cc2c(=O)n(CC(N)(CC)CC)cnc2s1. The average Bonchev–Trinajstić information content (AvgIpc) is 2.86. The maximum absolute atomic E-state index is 12.4. The Hall–Kier alpha value is -1.20. The summed E-state index contributed by atoms with van der Waals surface area (Å²) in [6.45, 7) is 6.72. The van der Waals surface area contributed by atoms with E-state index in [2.05, 4.69) is 25.8 Å². The topological polar surface area (TPSA) is 60.9 Å². The van der Waals surface area contributed by atoms with Gasteiger partial charge in [-0.15, -0.1) is 11.3 Å². The molecule has 5 heteroatoms. The molecule has 0 unspecified atom stereocenters. The van der Waals surface area contributed by atoms with Gasteiger partial charge in [0.15, 0.2) is 0 Å². The lowest BCUT2D eigenvalue weighted by molar-refractivity contribution is 0.334. The van der Waals surface area contributed by atoms with Crippen molar-refractivity contribution in [3.8, 4) is 0 Å². The van der Waals surface area contributed by atoms with Crippen molar-refractivity contribution in [3.63, 3.8) is 0 Å². The zero-order valence-electron chi connectivity index (χ0n) is 11.8. The first-order valence-electron chi connectivity index (χ1n) is 6.79. The van der Waals surface area contributed by atoms with E-state index in [1.165, 1.54) is 4.88 Å². The van der Waals surface area contributed by atoms with Gasteiger partial charge in [0.05, 0.1) is 11.7 Å². The number of hydrogen-bond donors (Lipinski definition) is 1. The molecule has 104 valence electrons. The van der Waals surface area contributed by atoms with Gasteiger partial charge >= 0.3 is 0 Å². The summed E-state index contributed by atoms with van der Waals surface area (Å²) in [5.41, 5.74) is 5.98. The van der Waals surface area contributed by atoms with Gasteiger partial charge < -0.3 is 5.73 Å². The first-order valence-corrected chi connectivity index (χ1v) is 7.61. The Kier molecular flexibility index (Phi) is 4.06. The van der Waals surface area contributed by atoms with E-state index in [0.717, 1.165) is 29.5 Å². The predicted octanol–water partition coefficient (Wildman–Crippen LogP) is 2.54. The lowest BCUT2D eigenvalue weighted by Gasteiger charge is -2.27. The number of hydrogen-bond acceptors (Lipinski definition) is 4. The Labute approximate surface area is 117 Å². The Morgan fingerprint density at radius 1 is 1.37 bits per heavy atom. The molecule has 0 aliphatic heterocycles. The van der Waals surface area contributed by atoms with E-state index in [-0.39, 0.29) is 11.1 Å². The lowest BCUT2D eigenvalue weighted by atomic mass is 9.94. The Morgan fingerprint density at radius 3 is 2.63 bits per heavy atom. The molecular weight excluding hydrogens is 258 g/mol. The van der Waals surface area contributed by atoms with Crippen molar-refractivity contribution in [1.82, 2.24) is 9.55 Å². The van der Waals surface area contributed by atoms with Crippen LogP contribution in [0.2, 0.25) is 0 Å². The van der Waals surface area contributed by atoms with Crippen LogP contribution in [0, 0.1) is 0 Å². The summed E-state index contributed by atoms with van der Waals surface area (Å²) in [5, 5.41) is 0.721. The molecule has 2 aromatic rings. The van der Waals surface area contributed by atoms with Crippen LogP contribution in [-0.2, 0) is 13.0 Å². The van der Waals surface area contributed by atoms with Crippen LogP contribution in [0.4, 0.5) is 0 Å². The highest BCUT2D eigenvalue weighted by atomic mass is 32.1. The fraction of sp³-hybridized carbons (Fsp3) is 0.571. The van der Waals surface area contributed by atoms with Gasteiger partial charge in [0.25, 0.3) is 5.56 Å². The van der Waals surface area contributed by atoms with Crippen molar-refractivity contribution >= 4 is 21.6 Å². The summed E-state index contributed by atoms with van der Waals surface area (Å²) in [5.74, 6) is 0. The van der Waals surface area contributed by atoms with Gasteiger partial charge in [-0.1, -0.05) is 20.8 Å². The van der Waals surface area contributed by atoms with Crippen molar-refractivity contribution in [2.45, 2.75) is 52.1 Å². The highest BCUT2D eigenvalue weighted by Gasteiger charge is 2.22. The second-order valence-electron chi connectivity index (χ2n) is 5.03. The van der Waals surface area contributed by atoms with Gasteiger partial charge in [-0.2, -0.15) is 0 Å². The number of nitrogens with zero attached hydrogens (tertiary/aromatic N) is 2. The molecule has 0 bridgehead atoms. The smallest absolute Gasteiger partial charge is 0.262 e. The molecule has 2 N–H and O–H groups in total. The summed E-state index contributed by atoms with van der Waals surface area (Å²) in [6, 6.07) is 1.96. The van der Waals surface area contributed by atoms with Crippen LogP contribution in [0.3, 0.4) is 0 Å². The van der Waals surface area contributed by atoms with Crippen LogP contribution < -0.4 is 11.3 Å². The van der Waals surface area contributed by atoms with E-state index in [9.17, 15) is 4.79 Å². The van der Waals surface area contributed by atoms with Crippen LogP contribution in [0.5, 0.6) is 0 Å². The molecule has 2 rings (SSSR count).